The van der Waals surface area contributed by atoms with E-state index in [1.165, 1.54) is 0 Å². The summed E-state index contributed by atoms with van der Waals surface area (Å²) in [6, 6.07) is 10.3. The Hall–Kier alpha value is -2.56. The highest BCUT2D eigenvalue weighted by Crippen LogP contribution is 2.23. The molecular weight excluding hydrogens is 538 g/mol. The third kappa shape index (κ3) is 9.21. The molecule has 4 rings (SSSR count). The normalized spacial score (nSPS) is 19.0. The number of amides is 2. The lowest BCUT2D eigenvalue weighted by atomic mass is 9.99. The number of hydrazine groups is 1. The molecule has 41 heavy (non-hydrogen) atoms. The second kappa shape index (κ2) is 15.1. The molecule has 3 N–H and O–H groups in total. The monoisotopic (exact) mass is 583 g/mol. The molecule has 0 spiro atoms. The van der Waals surface area contributed by atoms with Gasteiger partial charge in [-0.25, -0.2) is 10.0 Å². The van der Waals surface area contributed by atoms with Gasteiger partial charge in [-0.3, -0.25) is 14.6 Å². The molecule has 2 aliphatic heterocycles. The first-order valence-corrected chi connectivity index (χ1v) is 15.3. The predicted molar refractivity (Wildman–Crippen MR) is 163 cm³/mol. The smallest absolute Gasteiger partial charge is 0.245 e. The van der Waals surface area contributed by atoms with Crippen LogP contribution in [0.15, 0.2) is 48.8 Å². The van der Waals surface area contributed by atoms with Crippen molar-refractivity contribution in [2.24, 2.45) is 11.7 Å². The molecular formula is C31H46ClN7O2. The zero-order valence-electron chi connectivity index (χ0n) is 24.7. The Balaban J connectivity index is 1.41. The maximum Gasteiger partial charge on any atom is 0.245 e. The quantitative estimate of drug-likeness (QED) is 0.420. The van der Waals surface area contributed by atoms with Crippen LogP contribution in [-0.4, -0.2) is 102 Å². The van der Waals surface area contributed by atoms with E-state index in [0.29, 0.717) is 36.5 Å². The second-order valence-corrected chi connectivity index (χ2v) is 12.3. The number of pyridine rings is 1. The van der Waals surface area contributed by atoms with Gasteiger partial charge >= 0.3 is 0 Å². The minimum absolute atomic E-state index is 0.0447. The van der Waals surface area contributed by atoms with E-state index in [4.69, 9.17) is 17.3 Å². The number of likely N-dealkylation sites (tertiary alicyclic amines) is 1. The van der Waals surface area contributed by atoms with Gasteiger partial charge in [0.2, 0.25) is 11.8 Å². The summed E-state index contributed by atoms with van der Waals surface area (Å²) >= 11 is 6.09. The molecule has 2 amide bonds. The van der Waals surface area contributed by atoms with E-state index in [0.717, 1.165) is 56.7 Å². The van der Waals surface area contributed by atoms with Crippen molar-refractivity contribution in [3.63, 3.8) is 0 Å². The van der Waals surface area contributed by atoms with Crippen LogP contribution in [0, 0.1) is 5.92 Å². The van der Waals surface area contributed by atoms with E-state index >= 15 is 0 Å². The van der Waals surface area contributed by atoms with E-state index in [1.807, 2.05) is 35.2 Å². The number of carbonyl (C=O) groups is 2. The molecule has 224 valence electrons. The predicted octanol–water partition coefficient (Wildman–Crippen LogP) is 2.96. The Labute approximate surface area is 250 Å². The van der Waals surface area contributed by atoms with Crippen LogP contribution in [0.4, 0.5) is 0 Å². The molecule has 2 fully saturated rings. The topological polar surface area (TPSA) is 98.0 Å². The SMILES string of the molecule is CC(C)CN(C1CCN(C(=O)[C@@H](Cc2ccc(Cl)cc2)NC(=O)C[C@@H](N)c2cccnc2)CC1)N1CCN(C)CC1. The van der Waals surface area contributed by atoms with Gasteiger partial charge in [-0.2, -0.15) is 0 Å². The number of aromatic nitrogens is 1. The van der Waals surface area contributed by atoms with Gasteiger partial charge in [0.1, 0.15) is 6.04 Å². The third-order valence-corrected chi connectivity index (χ3v) is 8.35. The Bertz CT molecular complexity index is 1100. The number of hydrogen-bond acceptors (Lipinski definition) is 7. The van der Waals surface area contributed by atoms with E-state index < -0.39 is 12.1 Å². The summed E-state index contributed by atoms with van der Waals surface area (Å²) in [7, 11) is 2.18. The second-order valence-electron chi connectivity index (χ2n) is 11.9. The molecule has 2 atom stereocenters. The Kier molecular flexibility index (Phi) is 11.5. The van der Waals surface area contributed by atoms with Crippen LogP contribution in [0.5, 0.6) is 0 Å². The molecule has 2 aliphatic rings. The van der Waals surface area contributed by atoms with Crippen LogP contribution >= 0.6 is 11.6 Å². The standard InChI is InChI=1S/C31H46ClN7O2/c1-23(2)22-39(38-17-15-36(3)16-18-38)27-10-13-37(14-11-27)31(41)29(19-24-6-8-26(32)9-7-24)35-30(40)20-28(33)25-5-4-12-34-21-25/h4-9,12,21,23,27-29H,10-11,13-20,22,33H2,1-3H3,(H,35,40)/t28-,29-/m1/s1. The fraction of sp³-hybridized carbons (Fsp3) is 0.581. The number of hydrogen-bond donors (Lipinski definition) is 2. The molecule has 0 unspecified atom stereocenters. The van der Waals surface area contributed by atoms with Gasteiger partial charge in [0.15, 0.2) is 0 Å². The maximum atomic E-state index is 13.9. The van der Waals surface area contributed by atoms with Crippen molar-refractivity contribution in [3.05, 3.63) is 64.9 Å². The van der Waals surface area contributed by atoms with Gasteiger partial charge in [-0.15, -0.1) is 0 Å². The van der Waals surface area contributed by atoms with Crippen molar-refractivity contribution in [2.75, 3.05) is 52.9 Å². The lowest BCUT2D eigenvalue weighted by molar-refractivity contribution is -0.140. The Morgan fingerprint density at radius 3 is 2.37 bits per heavy atom. The molecule has 0 radical (unpaired) electrons. The highest BCUT2D eigenvalue weighted by atomic mass is 35.5. The Morgan fingerprint density at radius 2 is 1.76 bits per heavy atom. The van der Waals surface area contributed by atoms with Crippen LogP contribution in [0.2, 0.25) is 5.02 Å². The lowest BCUT2D eigenvalue weighted by Crippen LogP contribution is -2.60. The molecule has 0 bridgehead atoms. The Morgan fingerprint density at radius 1 is 1.07 bits per heavy atom. The molecule has 1 aromatic carbocycles. The number of benzene rings is 1. The number of piperazine rings is 1. The zero-order chi connectivity index (χ0) is 29.4. The summed E-state index contributed by atoms with van der Waals surface area (Å²) in [5.74, 6) is 0.268. The van der Waals surface area contributed by atoms with Crippen LogP contribution in [0.25, 0.3) is 0 Å². The molecule has 1 aromatic heterocycles. The molecule has 10 heteroatoms. The highest BCUT2D eigenvalue weighted by Gasteiger charge is 2.34. The number of likely N-dealkylation sites (N-methyl/N-ethyl adjacent to an activating group) is 1. The third-order valence-electron chi connectivity index (χ3n) is 8.10. The van der Waals surface area contributed by atoms with Gasteiger partial charge in [0, 0.05) is 88.2 Å². The molecule has 0 aliphatic carbocycles. The van der Waals surface area contributed by atoms with E-state index in [1.54, 1.807) is 18.5 Å². The van der Waals surface area contributed by atoms with Crippen LogP contribution in [-0.2, 0) is 16.0 Å². The van der Waals surface area contributed by atoms with Crippen molar-refractivity contribution in [2.45, 2.75) is 57.7 Å². The highest BCUT2D eigenvalue weighted by molar-refractivity contribution is 6.30. The van der Waals surface area contributed by atoms with Gasteiger partial charge in [-0.05, 0) is 55.1 Å². The average Bonchev–Trinajstić information content (AvgIpc) is 2.97. The van der Waals surface area contributed by atoms with Gasteiger partial charge in [0.05, 0.1) is 0 Å². The summed E-state index contributed by atoms with van der Waals surface area (Å²) in [6.45, 7) is 11.1. The van der Waals surface area contributed by atoms with Crippen molar-refractivity contribution in [1.82, 2.24) is 30.1 Å². The summed E-state index contributed by atoms with van der Waals surface area (Å²) < 4.78 is 0. The first kappa shape index (κ1) is 31.4. The summed E-state index contributed by atoms with van der Waals surface area (Å²) in [6.07, 6.45) is 5.64. The lowest BCUT2D eigenvalue weighted by Gasteiger charge is -2.47. The van der Waals surface area contributed by atoms with Crippen LogP contribution in [0.3, 0.4) is 0 Å². The van der Waals surface area contributed by atoms with Crippen molar-refractivity contribution < 1.29 is 9.59 Å². The number of nitrogens with two attached hydrogens (primary N) is 1. The van der Waals surface area contributed by atoms with E-state index in [2.05, 4.69) is 46.1 Å². The van der Waals surface area contributed by atoms with Crippen LogP contribution < -0.4 is 11.1 Å². The summed E-state index contributed by atoms with van der Waals surface area (Å²) in [5.41, 5.74) is 8.02. The largest absolute Gasteiger partial charge is 0.344 e. The van der Waals surface area contributed by atoms with Crippen LogP contribution in [0.1, 0.15) is 50.3 Å². The fourth-order valence-corrected chi connectivity index (χ4v) is 5.88. The van der Waals surface area contributed by atoms with Crippen molar-refractivity contribution >= 4 is 23.4 Å². The minimum atomic E-state index is -0.675. The molecule has 9 nitrogen and oxygen atoms in total. The first-order chi connectivity index (χ1) is 19.7. The van der Waals surface area contributed by atoms with Gasteiger partial charge in [0.25, 0.3) is 0 Å². The van der Waals surface area contributed by atoms with Gasteiger partial charge < -0.3 is 20.9 Å². The number of carbonyl (C=O) groups excluding carboxylic acids is 2. The summed E-state index contributed by atoms with van der Waals surface area (Å²) in [5, 5.41) is 8.74. The number of nitrogens with zero attached hydrogens (tertiary/aromatic N) is 5. The number of piperidine rings is 1. The van der Waals surface area contributed by atoms with Gasteiger partial charge in [-0.1, -0.05) is 43.6 Å². The number of halogens is 1. The average molecular weight is 584 g/mol. The molecule has 2 aromatic rings. The minimum Gasteiger partial charge on any atom is -0.344 e. The van der Waals surface area contributed by atoms with Crippen molar-refractivity contribution in [1.29, 1.82) is 0 Å². The first-order valence-electron chi connectivity index (χ1n) is 14.9. The maximum absolute atomic E-state index is 13.9. The zero-order valence-corrected chi connectivity index (χ0v) is 25.5. The molecule has 2 saturated heterocycles. The number of rotatable bonds is 11. The molecule has 3 heterocycles. The number of nitrogens with one attached hydrogen (secondary N) is 1. The van der Waals surface area contributed by atoms with E-state index in [9.17, 15) is 9.59 Å². The van der Waals surface area contributed by atoms with Crippen molar-refractivity contribution in [3.8, 4) is 0 Å². The fourth-order valence-electron chi connectivity index (χ4n) is 5.75. The van der Waals surface area contributed by atoms with E-state index in [-0.39, 0.29) is 18.2 Å². The summed E-state index contributed by atoms with van der Waals surface area (Å²) in [4.78, 5) is 35.4. The molecule has 0 saturated carbocycles.